The number of aliphatic hydroxyl groups excluding tert-OH is 1. The molecular weight excluding hydrogens is 236 g/mol. The van der Waals surface area contributed by atoms with E-state index in [1.54, 1.807) is 0 Å². The lowest BCUT2D eigenvalue weighted by atomic mass is 9.95. The average molecular weight is 268 g/mol. The highest BCUT2D eigenvalue weighted by molar-refractivity contribution is 4.96. The van der Waals surface area contributed by atoms with Crippen LogP contribution in [0.5, 0.6) is 0 Å². The third-order valence-electron chi connectivity index (χ3n) is 5.05. The van der Waals surface area contributed by atoms with Crippen molar-refractivity contribution in [3.8, 4) is 0 Å². The Kier molecular flexibility index (Phi) is 6.66. The Hall–Kier alpha value is -0.0800. The van der Waals surface area contributed by atoms with Crippen LogP contribution in [-0.4, -0.2) is 23.9 Å². The molecule has 0 heterocycles. The molecule has 0 aromatic rings. The molecule has 0 aliphatic heterocycles. The van der Waals surface area contributed by atoms with E-state index in [9.17, 15) is 5.11 Å². The van der Waals surface area contributed by atoms with Crippen LogP contribution in [0.2, 0.25) is 0 Å². The van der Waals surface area contributed by atoms with Crippen LogP contribution in [0.4, 0.5) is 0 Å². The zero-order valence-corrected chi connectivity index (χ0v) is 12.7. The fourth-order valence-corrected chi connectivity index (χ4v) is 3.91. The number of hydrogen-bond donors (Lipinski definition) is 1. The van der Waals surface area contributed by atoms with Gasteiger partial charge in [-0.05, 0) is 31.6 Å². The third-order valence-corrected chi connectivity index (χ3v) is 5.05. The summed E-state index contributed by atoms with van der Waals surface area (Å²) >= 11 is 0. The van der Waals surface area contributed by atoms with Gasteiger partial charge in [0.25, 0.3) is 0 Å². The molecule has 19 heavy (non-hydrogen) atoms. The van der Waals surface area contributed by atoms with E-state index in [1.807, 2.05) is 0 Å². The van der Waals surface area contributed by atoms with Crippen molar-refractivity contribution in [1.29, 1.82) is 0 Å². The Morgan fingerprint density at radius 3 is 2.21 bits per heavy atom. The molecule has 2 bridgehead atoms. The summed E-state index contributed by atoms with van der Waals surface area (Å²) in [5.41, 5.74) is 0. The van der Waals surface area contributed by atoms with Gasteiger partial charge in [0, 0.05) is 12.5 Å². The molecule has 4 atom stereocenters. The van der Waals surface area contributed by atoms with Crippen molar-refractivity contribution in [2.75, 3.05) is 6.61 Å². The molecule has 0 radical (unpaired) electrons. The quantitative estimate of drug-likeness (QED) is 0.598. The van der Waals surface area contributed by atoms with Crippen LogP contribution in [0.15, 0.2) is 0 Å². The largest absolute Gasteiger partial charge is 0.393 e. The summed E-state index contributed by atoms with van der Waals surface area (Å²) in [4.78, 5) is 0. The third kappa shape index (κ3) is 4.75. The zero-order chi connectivity index (χ0) is 13.5. The summed E-state index contributed by atoms with van der Waals surface area (Å²) in [7, 11) is 0. The van der Waals surface area contributed by atoms with Crippen molar-refractivity contribution in [3.63, 3.8) is 0 Å². The second kappa shape index (κ2) is 8.26. The smallest absolute Gasteiger partial charge is 0.0630 e. The number of hydrogen-bond acceptors (Lipinski definition) is 2. The van der Waals surface area contributed by atoms with Crippen molar-refractivity contribution in [1.82, 2.24) is 0 Å². The Morgan fingerprint density at radius 2 is 1.58 bits per heavy atom. The summed E-state index contributed by atoms with van der Waals surface area (Å²) in [6.07, 6.45) is 14.6. The summed E-state index contributed by atoms with van der Waals surface area (Å²) < 4.78 is 5.99. The minimum Gasteiger partial charge on any atom is -0.393 e. The first-order chi connectivity index (χ1) is 9.31. The van der Waals surface area contributed by atoms with Crippen molar-refractivity contribution in [2.24, 2.45) is 11.8 Å². The summed E-state index contributed by atoms with van der Waals surface area (Å²) in [6.45, 7) is 3.18. The summed E-state index contributed by atoms with van der Waals surface area (Å²) in [6, 6.07) is 0. The van der Waals surface area contributed by atoms with Crippen LogP contribution in [0.1, 0.15) is 77.6 Å². The molecule has 2 aliphatic carbocycles. The Balaban J connectivity index is 1.41. The maximum atomic E-state index is 9.85. The van der Waals surface area contributed by atoms with Crippen molar-refractivity contribution >= 4 is 0 Å². The van der Waals surface area contributed by atoms with Gasteiger partial charge in [-0.2, -0.15) is 0 Å². The first-order valence-electron chi connectivity index (χ1n) is 8.61. The van der Waals surface area contributed by atoms with Crippen LogP contribution < -0.4 is 0 Å². The summed E-state index contributed by atoms with van der Waals surface area (Å²) in [5, 5.41) is 9.85. The molecule has 0 aromatic carbocycles. The highest BCUT2D eigenvalue weighted by atomic mass is 16.5. The van der Waals surface area contributed by atoms with Gasteiger partial charge in [-0.3, -0.25) is 0 Å². The van der Waals surface area contributed by atoms with Gasteiger partial charge in [0.1, 0.15) is 0 Å². The molecule has 4 unspecified atom stereocenters. The van der Waals surface area contributed by atoms with Gasteiger partial charge in [0.15, 0.2) is 0 Å². The van der Waals surface area contributed by atoms with E-state index in [1.165, 1.54) is 64.2 Å². The molecule has 0 amide bonds. The summed E-state index contributed by atoms with van der Waals surface area (Å²) in [5.74, 6) is 1.21. The van der Waals surface area contributed by atoms with Gasteiger partial charge in [-0.25, -0.2) is 0 Å². The zero-order valence-electron chi connectivity index (χ0n) is 12.7. The molecule has 2 fully saturated rings. The molecule has 2 rings (SSSR count). The predicted octanol–water partition coefficient (Wildman–Crippen LogP) is 4.30. The number of ether oxygens (including phenoxy) is 1. The Labute approximate surface area is 118 Å². The van der Waals surface area contributed by atoms with Crippen molar-refractivity contribution < 1.29 is 9.84 Å². The monoisotopic (exact) mass is 268 g/mol. The minimum atomic E-state index is -0.0673. The fraction of sp³-hybridized carbons (Fsp3) is 1.00. The predicted molar refractivity (Wildman–Crippen MR) is 79.2 cm³/mol. The lowest BCUT2D eigenvalue weighted by Crippen LogP contribution is -2.30. The van der Waals surface area contributed by atoms with E-state index in [-0.39, 0.29) is 6.10 Å². The SMILES string of the molecule is CCCCCCCCCCOC1CC2CC(O)C1C2. The molecule has 112 valence electrons. The molecule has 1 N–H and O–H groups in total. The highest BCUT2D eigenvalue weighted by Gasteiger charge is 2.45. The van der Waals surface area contributed by atoms with E-state index in [4.69, 9.17) is 4.74 Å². The maximum Gasteiger partial charge on any atom is 0.0630 e. The van der Waals surface area contributed by atoms with E-state index < -0.39 is 0 Å². The first kappa shape index (κ1) is 15.3. The van der Waals surface area contributed by atoms with Crippen LogP contribution in [0.3, 0.4) is 0 Å². The standard InChI is InChI=1S/C17H32O2/c1-2-3-4-5-6-7-8-9-10-19-17-13-14-11-15(17)16(18)12-14/h14-18H,2-13H2,1H3. The van der Waals surface area contributed by atoms with Crippen LogP contribution in [-0.2, 0) is 4.74 Å². The fourth-order valence-electron chi connectivity index (χ4n) is 3.91. The van der Waals surface area contributed by atoms with Gasteiger partial charge in [0.05, 0.1) is 12.2 Å². The van der Waals surface area contributed by atoms with E-state index >= 15 is 0 Å². The topological polar surface area (TPSA) is 29.5 Å². The van der Waals surface area contributed by atoms with Crippen LogP contribution >= 0.6 is 0 Å². The van der Waals surface area contributed by atoms with Gasteiger partial charge in [-0.15, -0.1) is 0 Å². The maximum absolute atomic E-state index is 9.85. The van der Waals surface area contributed by atoms with Crippen molar-refractivity contribution in [2.45, 2.75) is 89.8 Å². The van der Waals surface area contributed by atoms with Crippen molar-refractivity contribution in [3.05, 3.63) is 0 Å². The lowest BCUT2D eigenvalue weighted by Gasteiger charge is -2.26. The lowest BCUT2D eigenvalue weighted by molar-refractivity contribution is -0.0322. The second-order valence-electron chi connectivity index (χ2n) is 6.69. The molecular formula is C17H32O2. The molecule has 2 saturated carbocycles. The number of rotatable bonds is 10. The Bertz CT molecular complexity index is 241. The Morgan fingerprint density at radius 1 is 0.895 bits per heavy atom. The minimum absolute atomic E-state index is 0.0673. The van der Waals surface area contributed by atoms with E-state index in [2.05, 4.69) is 6.92 Å². The molecule has 2 aliphatic rings. The number of unbranched alkanes of at least 4 members (excludes halogenated alkanes) is 7. The first-order valence-corrected chi connectivity index (χ1v) is 8.61. The molecule has 0 spiro atoms. The van der Waals surface area contributed by atoms with Gasteiger partial charge in [-0.1, -0.05) is 51.9 Å². The molecule has 0 aromatic heterocycles. The van der Waals surface area contributed by atoms with Crippen LogP contribution in [0.25, 0.3) is 0 Å². The number of aliphatic hydroxyl groups is 1. The number of fused-ring (bicyclic) bond motifs is 2. The van der Waals surface area contributed by atoms with Crippen LogP contribution in [0, 0.1) is 11.8 Å². The van der Waals surface area contributed by atoms with Gasteiger partial charge >= 0.3 is 0 Å². The van der Waals surface area contributed by atoms with Gasteiger partial charge in [0.2, 0.25) is 0 Å². The van der Waals surface area contributed by atoms with E-state index in [0.29, 0.717) is 12.0 Å². The highest BCUT2D eigenvalue weighted by Crippen LogP contribution is 2.46. The second-order valence-corrected chi connectivity index (χ2v) is 6.69. The van der Waals surface area contributed by atoms with E-state index in [0.717, 1.165) is 18.9 Å². The normalized spacial score (nSPS) is 33.2. The average Bonchev–Trinajstić information content (AvgIpc) is 2.95. The molecule has 2 nitrogen and oxygen atoms in total. The molecule has 0 saturated heterocycles. The molecule has 2 heteroatoms. The van der Waals surface area contributed by atoms with Gasteiger partial charge < -0.3 is 9.84 Å².